The van der Waals surface area contributed by atoms with Crippen molar-refractivity contribution >= 4 is 17.7 Å². The lowest BCUT2D eigenvalue weighted by Gasteiger charge is -2.39. The van der Waals surface area contributed by atoms with Crippen molar-refractivity contribution in [2.24, 2.45) is 5.73 Å². The lowest BCUT2D eigenvalue weighted by molar-refractivity contribution is -0.185. The molecule has 0 aliphatic carbocycles. The Bertz CT molecular complexity index is 393. The second kappa shape index (κ2) is 3.67. The molecule has 1 amide bonds. The minimum Gasteiger partial charge on any atom is -0.432 e. The summed E-state index contributed by atoms with van der Waals surface area (Å²) in [6.07, 6.45) is 0.697. The number of halogens is 1. The molecule has 1 aromatic heterocycles. The van der Waals surface area contributed by atoms with Gasteiger partial charge in [0.1, 0.15) is 0 Å². The first-order chi connectivity index (χ1) is 7.12. The van der Waals surface area contributed by atoms with Crippen LogP contribution < -0.4 is 5.73 Å². The summed E-state index contributed by atoms with van der Waals surface area (Å²) in [7, 11) is 0. The second-order valence-electron chi connectivity index (χ2n) is 3.27. The lowest BCUT2D eigenvalue weighted by atomic mass is 9.97. The fourth-order valence-electron chi connectivity index (χ4n) is 1.39. The molecule has 0 unspecified atom stereocenters. The van der Waals surface area contributed by atoms with Crippen LogP contribution in [0.1, 0.15) is 5.69 Å². The average molecular weight is 229 g/mol. The summed E-state index contributed by atoms with van der Waals surface area (Å²) in [5.41, 5.74) is 4.68. The first kappa shape index (κ1) is 10.2. The average Bonchev–Trinajstić information content (AvgIpc) is 2.11. The molecule has 0 spiro atoms. The zero-order chi connectivity index (χ0) is 10.9. The van der Waals surface area contributed by atoms with Crippen molar-refractivity contribution in [2.75, 3.05) is 13.2 Å². The summed E-state index contributed by atoms with van der Waals surface area (Å²) >= 11 is 5.82. The summed E-state index contributed by atoms with van der Waals surface area (Å²) in [5, 5.41) is 0.527. The minimum absolute atomic E-state index is 0.253. The quantitative estimate of drug-likeness (QED) is 0.821. The van der Waals surface area contributed by atoms with E-state index in [1.165, 1.54) is 0 Å². The van der Waals surface area contributed by atoms with E-state index in [0.29, 0.717) is 10.7 Å². The molecule has 0 bridgehead atoms. The van der Waals surface area contributed by atoms with Gasteiger partial charge in [-0.3, -0.25) is 4.98 Å². The van der Waals surface area contributed by atoms with E-state index in [1.807, 2.05) is 0 Å². The Morgan fingerprint density at radius 1 is 1.67 bits per heavy atom. The number of carbonyl (C=O) groups is 1. The number of pyridine rings is 1. The highest BCUT2D eigenvalue weighted by Crippen LogP contribution is 2.33. The van der Waals surface area contributed by atoms with Gasteiger partial charge in [0.15, 0.2) is 0 Å². The van der Waals surface area contributed by atoms with Gasteiger partial charge in [0.2, 0.25) is 5.60 Å². The van der Waals surface area contributed by atoms with E-state index in [0.717, 1.165) is 0 Å². The van der Waals surface area contributed by atoms with Gasteiger partial charge in [-0.25, -0.2) is 4.79 Å². The Kier molecular flexibility index (Phi) is 2.50. The highest BCUT2D eigenvalue weighted by atomic mass is 35.5. The van der Waals surface area contributed by atoms with Crippen molar-refractivity contribution in [3.8, 4) is 0 Å². The fourth-order valence-corrected chi connectivity index (χ4v) is 1.55. The Labute approximate surface area is 91.1 Å². The maximum absolute atomic E-state index is 10.7. The van der Waals surface area contributed by atoms with E-state index in [2.05, 4.69) is 4.98 Å². The second-order valence-corrected chi connectivity index (χ2v) is 3.70. The molecule has 6 heteroatoms. The van der Waals surface area contributed by atoms with Gasteiger partial charge in [-0.2, -0.15) is 0 Å². The van der Waals surface area contributed by atoms with Gasteiger partial charge in [-0.1, -0.05) is 11.6 Å². The van der Waals surface area contributed by atoms with Crippen LogP contribution in [0, 0.1) is 0 Å². The number of hydrogen-bond donors (Lipinski definition) is 1. The highest BCUT2D eigenvalue weighted by Gasteiger charge is 2.45. The zero-order valence-electron chi connectivity index (χ0n) is 7.77. The summed E-state index contributed by atoms with van der Waals surface area (Å²) in [6.45, 7) is 0.507. The van der Waals surface area contributed by atoms with Crippen molar-refractivity contribution in [3.63, 3.8) is 0 Å². The number of aromatic nitrogens is 1. The van der Waals surface area contributed by atoms with Crippen molar-refractivity contribution in [1.29, 1.82) is 0 Å². The first-order valence-corrected chi connectivity index (χ1v) is 4.68. The van der Waals surface area contributed by atoms with Crippen molar-refractivity contribution in [3.05, 3.63) is 29.0 Å². The number of rotatable bonds is 2. The number of nitrogens with zero attached hydrogens (tertiary/aromatic N) is 1. The van der Waals surface area contributed by atoms with E-state index in [9.17, 15) is 4.79 Å². The minimum atomic E-state index is -0.864. The normalized spacial score (nSPS) is 17.9. The monoisotopic (exact) mass is 228 g/mol. The number of amides is 1. The lowest BCUT2D eigenvalue weighted by Crippen LogP contribution is -2.51. The van der Waals surface area contributed by atoms with Gasteiger partial charge < -0.3 is 15.2 Å². The molecule has 2 rings (SSSR count). The van der Waals surface area contributed by atoms with Gasteiger partial charge in [0.25, 0.3) is 0 Å². The molecule has 0 radical (unpaired) electrons. The summed E-state index contributed by atoms with van der Waals surface area (Å²) in [4.78, 5) is 14.8. The molecule has 15 heavy (non-hydrogen) atoms. The predicted molar refractivity (Wildman–Crippen MR) is 52.4 cm³/mol. The van der Waals surface area contributed by atoms with Crippen molar-refractivity contribution in [1.82, 2.24) is 4.98 Å². The third kappa shape index (κ3) is 1.88. The van der Waals surface area contributed by atoms with Crippen molar-refractivity contribution in [2.45, 2.75) is 5.60 Å². The maximum atomic E-state index is 10.7. The smallest absolute Gasteiger partial charge is 0.405 e. The van der Waals surface area contributed by atoms with Gasteiger partial charge >= 0.3 is 6.09 Å². The van der Waals surface area contributed by atoms with Crippen LogP contribution in [0.4, 0.5) is 4.79 Å². The van der Waals surface area contributed by atoms with E-state index < -0.39 is 11.7 Å². The topological polar surface area (TPSA) is 74.4 Å². The maximum Gasteiger partial charge on any atom is 0.405 e. The molecule has 0 aromatic carbocycles. The molecular formula is C9H9ClN2O3. The van der Waals surface area contributed by atoms with E-state index in [-0.39, 0.29) is 13.2 Å². The molecule has 2 N–H and O–H groups in total. The predicted octanol–water partition coefficient (Wildman–Crippen LogP) is 1.06. The van der Waals surface area contributed by atoms with E-state index in [1.54, 1.807) is 18.3 Å². The Hall–Kier alpha value is -1.33. The SMILES string of the molecule is NC(=O)OC1(c2cc(Cl)ccn2)COC1. The van der Waals surface area contributed by atoms with Crippen LogP contribution in [0.15, 0.2) is 18.3 Å². The van der Waals surface area contributed by atoms with E-state index in [4.69, 9.17) is 26.8 Å². The summed E-state index contributed by atoms with van der Waals surface area (Å²) in [6, 6.07) is 3.27. The van der Waals surface area contributed by atoms with Crippen LogP contribution in [0.25, 0.3) is 0 Å². The molecule has 1 aliphatic rings. The molecular weight excluding hydrogens is 220 g/mol. The zero-order valence-corrected chi connectivity index (χ0v) is 8.53. The number of hydrogen-bond acceptors (Lipinski definition) is 4. The molecule has 5 nitrogen and oxygen atoms in total. The molecule has 1 fully saturated rings. The van der Waals surface area contributed by atoms with Crippen molar-refractivity contribution < 1.29 is 14.3 Å². The fraction of sp³-hybridized carbons (Fsp3) is 0.333. The molecule has 0 atom stereocenters. The third-order valence-electron chi connectivity index (χ3n) is 2.16. The largest absolute Gasteiger partial charge is 0.432 e. The molecule has 1 aromatic rings. The number of carbonyl (C=O) groups excluding carboxylic acids is 1. The van der Waals surface area contributed by atoms with Crippen LogP contribution in [0.3, 0.4) is 0 Å². The van der Waals surface area contributed by atoms with Gasteiger partial charge in [-0.05, 0) is 12.1 Å². The van der Waals surface area contributed by atoms with Crippen LogP contribution in [0.2, 0.25) is 5.02 Å². The van der Waals surface area contributed by atoms with Gasteiger partial charge in [0.05, 0.1) is 18.9 Å². The Morgan fingerprint density at radius 2 is 2.40 bits per heavy atom. The standard InChI is InChI=1S/C9H9ClN2O3/c10-6-1-2-12-7(3-6)9(4-14-5-9)15-8(11)13/h1-3H,4-5H2,(H2,11,13). The van der Waals surface area contributed by atoms with Gasteiger partial charge in [0, 0.05) is 11.2 Å². The Morgan fingerprint density at radius 3 is 2.87 bits per heavy atom. The van der Waals surface area contributed by atoms with Crippen LogP contribution in [0.5, 0.6) is 0 Å². The summed E-state index contributed by atoms with van der Waals surface area (Å²) in [5.74, 6) is 0. The summed E-state index contributed by atoms with van der Waals surface area (Å²) < 4.78 is 10.0. The Balaban J connectivity index is 2.29. The van der Waals surface area contributed by atoms with Gasteiger partial charge in [-0.15, -0.1) is 0 Å². The first-order valence-electron chi connectivity index (χ1n) is 4.31. The molecule has 80 valence electrons. The van der Waals surface area contributed by atoms with Crippen LogP contribution in [-0.4, -0.2) is 24.3 Å². The molecule has 1 saturated heterocycles. The third-order valence-corrected chi connectivity index (χ3v) is 2.39. The molecule has 1 aliphatic heterocycles. The number of nitrogens with two attached hydrogens (primary N) is 1. The number of primary amides is 1. The highest BCUT2D eigenvalue weighted by molar-refractivity contribution is 6.30. The van der Waals surface area contributed by atoms with E-state index >= 15 is 0 Å². The molecule has 2 heterocycles. The van der Waals surface area contributed by atoms with Crippen LogP contribution in [-0.2, 0) is 15.1 Å². The number of ether oxygens (including phenoxy) is 2. The molecule has 0 saturated carbocycles. The van der Waals surface area contributed by atoms with Crippen LogP contribution >= 0.6 is 11.6 Å².